The monoisotopic (exact) mass is 265 g/mol. The molecule has 2 rings (SSSR count). The summed E-state index contributed by atoms with van der Waals surface area (Å²) in [5, 5.41) is 3.25. The molecule has 0 amide bonds. The van der Waals surface area contributed by atoms with Crippen LogP contribution in [0.25, 0.3) is 0 Å². The molecule has 104 valence electrons. The lowest BCUT2D eigenvalue weighted by Gasteiger charge is -2.19. The third-order valence-corrected chi connectivity index (χ3v) is 3.11. The van der Waals surface area contributed by atoms with Gasteiger partial charge in [0.25, 0.3) is 0 Å². The van der Waals surface area contributed by atoms with Gasteiger partial charge in [-0.2, -0.15) is 0 Å². The number of ether oxygens (including phenoxy) is 2. The molecule has 0 saturated carbocycles. The van der Waals surface area contributed by atoms with E-state index in [0.717, 1.165) is 30.6 Å². The quantitative estimate of drug-likeness (QED) is 0.617. The van der Waals surface area contributed by atoms with Gasteiger partial charge in [0.15, 0.2) is 5.69 Å². The van der Waals surface area contributed by atoms with E-state index in [4.69, 9.17) is 9.47 Å². The fourth-order valence-electron chi connectivity index (χ4n) is 2.16. The molecule has 1 aliphatic rings. The second kappa shape index (κ2) is 6.58. The van der Waals surface area contributed by atoms with E-state index in [-0.39, 0.29) is 5.97 Å². The van der Waals surface area contributed by atoms with Crippen LogP contribution in [0.15, 0.2) is 0 Å². The van der Waals surface area contributed by atoms with Gasteiger partial charge in [0.05, 0.1) is 12.8 Å². The maximum atomic E-state index is 11.8. The van der Waals surface area contributed by atoms with Crippen molar-refractivity contribution in [2.24, 2.45) is 0 Å². The summed E-state index contributed by atoms with van der Waals surface area (Å²) in [6, 6.07) is 0. The molecule has 1 N–H and O–H groups in total. The van der Waals surface area contributed by atoms with E-state index in [1.54, 1.807) is 7.11 Å². The van der Waals surface area contributed by atoms with Gasteiger partial charge in [-0.1, -0.05) is 0 Å². The van der Waals surface area contributed by atoms with Crippen LogP contribution in [0.2, 0.25) is 0 Å². The third-order valence-electron chi connectivity index (χ3n) is 3.11. The number of carbonyl (C=O) groups is 1. The molecule has 2 heterocycles. The Hall–Kier alpha value is -1.53. The van der Waals surface area contributed by atoms with Gasteiger partial charge in [-0.05, 0) is 19.4 Å². The molecule has 0 fully saturated rings. The number of esters is 1. The Kier molecular flexibility index (Phi) is 4.81. The van der Waals surface area contributed by atoms with Crippen molar-refractivity contribution in [3.63, 3.8) is 0 Å². The van der Waals surface area contributed by atoms with Gasteiger partial charge < -0.3 is 14.8 Å². The van der Waals surface area contributed by atoms with Crippen LogP contribution >= 0.6 is 0 Å². The van der Waals surface area contributed by atoms with E-state index in [2.05, 4.69) is 15.3 Å². The number of hydrogen-bond acceptors (Lipinski definition) is 6. The maximum Gasteiger partial charge on any atom is 0.357 e. The molecule has 0 bridgehead atoms. The Morgan fingerprint density at radius 1 is 1.37 bits per heavy atom. The molecule has 1 aromatic heterocycles. The van der Waals surface area contributed by atoms with Gasteiger partial charge in [0.2, 0.25) is 0 Å². The Labute approximate surface area is 112 Å². The van der Waals surface area contributed by atoms with Crippen molar-refractivity contribution in [3.05, 3.63) is 22.8 Å². The number of nitrogens with zero attached hydrogens (tertiary/aromatic N) is 2. The summed E-state index contributed by atoms with van der Waals surface area (Å²) in [6.45, 7) is 2.18. The molecule has 19 heavy (non-hydrogen) atoms. The van der Waals surface area contributed by atoms with Crippen LogP contribution in [0.1, 0.15) is 34.0 Å². The van der Waals surface area contributed by atoms with Gasteiger partial charge in [-0.3, -0.25) is 0 Å². The van der Waals surface area contributed by atoms with Crippen LogP contribution in [-0.2, 0) is 28.9 Å². The highest BCUT2D eigenvalue weighted by Gasteiger charge is 2.22. The lowest BCUT2D eigenvalue weighted by Crippen LogP contribution is -2.28. The van der Waals surface area contributed by atoms with E-state index in [0.29, 0.717) is 31.1 Å². The first-order valence-electron chi connectivity index (χ1n) is 6.43. The second-order valence-electron chi connectivity index (χ2n) is 4.43. The summed E-state index contributed by atoms with van der Waals surface area (Å²) in [7, 11) is 3.04. The minimum absolute atomic E-state index is 0.381. The highest BCUT2D eigenvalue weighted by molar-refractivity contribution is 5.89. The van der Waals surface area contributed by atoms with Crippen LogP contribution in [0.4, 0.5) is 0 Å². The number of hydrogen-bond donors (Lipinski definition) is 1. The van der Waals surface area contributed by atoms with Crippen molar-refractivity contribution in [1.29, 1.82) is 0 Å². The van der Waals surface area contributed by atoms with Crippen LogP contribution in [0, 0.1) is 0 Å². The van der Waals surface area contributed by atoms with Crippen LogP contribution in [0.3, 0.4) is 0 Å². The van der Waals surface area contributed by atoms with Crippen LogP contribution in [0.5, 0.6) is 0 Å². The zero-order chi connectivity index (χ0) is 13.7. The summed E-state index contributed by atoms with van der Waals surface area (Å²) in [5.74, 6) is 0.299. The molecule has 0 spiro atoms. The zero-order valence-corrected chi connectivity index (χ0v) is 11.4. The molecule has 0 atom stereocenters. The number of fused-ring (bicyclic) bond motifs is 1. The minimum atomic E-state index is -0.381. The van der Waals surface area contributed by atoms with Crippen molar-refractivity contribution < 1.29 is 14.3 Å². The second-order valence-corrected chi connectivity index (χ2v) is 4.43. The number of nitrogens with one attached hydrogen (secondary N) is 1. The smallest absolute Gasteiger partial charge is 0.357 e. The molecule has 6 nitrogen and oxygen atoms in total. The zero-order valence-electron chi connectivity index (χ0n) is 11.4. The van der Waals surface area contributed by atoms with Crippen molar-refractivity contribution >= 4 is 5.97 Å². The number of carbonyl (C=O) groups excluding carboxylic acids is 1. The summed E-state index contributed by atoms with van der Waals surface area (Å²) in [6.07, 6.45) is 2.30. The largest absolute Gasteiger partial charge is 0.464 e. The van der Waals surface area contributed by atoms with E-state index in [1.807, 2.05) is 0 Å². The normalized spacial score (nSPS) is 14.0. The number of aromatic nitrogens is 2. The highest BCUT2D eigenvalue weighted by atomic mass is 16.5. The Morgan fingerprint density at radius 2 is 2.21 bits per heavy atom. The first-order valence-corrected chi connectivity index (χ1v) is 6.43. The van der Waals surface area contributed by atoms with Gasteiger partial charge >= 0.3 is 5.97 Å². The van der Waals surface area contributed by atoms with Crippen LogP contribution in [-0.4, -0.2) is 43.3 Å². The Bertz CT molecular complexity index is 463. The average Bonchev–Trinajstić information content (AvgIpc) is 2.46. The Balaban J connectivity index is 2.28. The molecule has 0 saturated heterocycles. The number of methoxy groups -OCH3 is 2. The molecular weight excluding hydrogens is 246 g/mol. The molecule has 6 heteroatoms. The summed E-state index contributed by atoms with van der Waals surface area (Å²) in [5.41, 5.74) is 2.25. The predicted molar refractivity (Wildman–Crippen MR) is 69.0 cm³/mol. The minimum Gasteiger partial charge on any atom is -0.464 e. The summed E-state index contributed by atoms with van der Waals surface area (Å²) < 4.78 is 9.82. The molecular formula is C13H19N3O3. The molecule has 1 aliphatic heterocycles. The van der Waals surface area contributed by atoms with Crippen molar-refractivity contribution in [3.8, 4) is 0 Å². The van der Waals surface area contributed by atoms with Crippen molar-refractivity contribution in [1.82, 2.24) is 15.3 Å². The van der Waals surface area contributed by atoms with E-state index in [1.165, 1.54) is 7.11 Å². The summed E-state index contributed by atoms with van der Waals surface area (Å²) in [4.78, 5) is 20.7. The predicted octanol–water partition coefficient (Wildman–Crippen LogP) is 0.488. The lowest BCUT2D eigenvalue weighted by atomic mass is 10.0. The van der Waals surface area contributed by atoms with Gasteiger partial charge in [-0.15, -0.1) is 0 Å². The molecule has 1 aromatic rings. The highest BCUT2D eigenvalue weighted by Crippen LogP contribution is 2.17. The Morgan fingerprint density at radius 3 is 2.95 bits per heavy atom. The number of rotatable bonds is 5. The maximum absolute atomic E-state index is 11.8. The lowest BCUT2D eigenvalue weighted by molar-refractivity contribution is 0.0591. The third kappa shape index (κ3) is 3.27. The van der Waals surface area contributed by atoms with E-state index >= 15 is 0 Å². The molecule has 0 aromatic carbocycles. The van der Waals surface area contributed by atoms with Crippen molar-refractivity contribution in [2.75, 3.05) is 27.4 Å². The average molecular weight is 265 g/mol. The first-order chi connectivity index (χ1) is 9.26. The topological polar surface area (TPSA) is 73.3 Å². The van der Waals surface area contributed by atoms with Gasteiger partial charge in [0.1, 0.15) is 5.82 Å². The van der Waals surface area contributed by atoms with Crippen LogP contribution < -0.4 is 5.32 Å². The summed E-state index contributed by atoms with van der Waals surface area (Å²) >= 11 is 0. The molecule has 0 radical (unpaired) electrons. The fraction of sp³-hybridized carbons (Fsp3) is 0.615. The number of aryl methyl sites for hydroxylation is 1. The standard InChI is InChI=1S/C13H19N3O3/c1-18-7-3-4-11-15-10-8-14-6-5-9(10)12(16-11)13(17)19-2/h14H,3-8H2,1-2H3. The SMILES string of the molecule is COCCCc1nc2c(c(C(=O)OC)n1)CCNC2. The first kappa shape index (κ1) is 13.9. The van der Waals surface area contributed by atoms with Gasteiger partial charge in [0, 0.05) is 32.2 Å². The molecule has 0 unspecified atom stereocenters. The van der Waals surface area contributed by atoms with E-state index < -0.39 is 0 Å². The van der Waals surface area contributed by atoms with E-state index in [9.17, 15) is 4.79 Å². The van der Waals surface area contributed by atoms with Gasteiger partial charge in [-0.25, -0.2) is 14.8 Å². The molecule has 0 aliphatic carbocycles. The van der Waals surface area contributed by atoms with Crippen molar-refractivity contribution in [2.45, 2.75) is 25.8 Å². The fourth-order valence-corrected chi connectivity index (χ4v) is 2.16.